The minimum atomic E-state index is 0.368. The summed E-state index contributed by atoms with van der Waals surface area (Å²) in [4.78, 5) is 4.11. The maximum Gasteiger partial charge on any atom is 0.155 e. The van der Waals surface area contributed by atoms with Crippen molar-refractivity contribution in [3.8, 4) is 5.82 Å². The van der Waals surface area contributed by atoms with Crippen molar-refractivity contribution in [1.29, 1.82) is 0 Å². The predicted molar refractivity (Wildman–Crippen MR) is 48.7 cm³/mol. The van der Waals surface area contributed by atoms with E-state index in [1.807, 2.05) is 18.2 Å². The van der Waals surface area contributed by atoms with Gasteiger partial charge in [0.15, 0.2) is 5.82 Å². The second-order valence-corrected chi connectivity index (χ2v) is 2.74. The van der Waals surface area contributed by atoms with E-state index in [2.05, 4.69) is 15.3 Å². The molecule has 0 saturated heterocycles. The molecule has 2 aromatic heterocycles. The van der Waals surface area contributed by atoms with Crippen molar-refractivity contribution >= 4 is 11.6 Å². The highest BCUT2D eigenvalue weighted by Gasteiger charge is 2.00. The Morgan fingerprint density at radius 3 is 2.92 bits per heavy atom. The zero-order valence-electron chi connectivity index (χ0n) is 6.76. The van der Waals surface area contributed by atoms with Crippen molar-refractivity contribution in [2.45, 2.75) is 5.88 Å². The average Bonchev–Trinajstić information content (AvgIpc) is 2.67. The van der Waals surface area contributed by atoms with Crippen molar-refractivity contribution in [3.63, 3.8) is 0 Å². The maximum atomic E-state index is 5.59. The molecule has 0 unspecified atom stereocenters. The van der Waals surface area contributed by atoms with Crippen LogP contribution < -0.4 is 0 Å². The monoisotopic (exact) mass is 194 g/mol. The number of rotatable bonds is 2. The molecule has 0 radical (unpaired) electrons. The van der Waals surface area contributed by atoms with Crippen LogP contribution in [0.1, 0.15) is 5.69 Å². The second kappa shape index (κ2) is 3.53. The van der Waals surface area contributed by atoms with E-state index in [4.69, 9.17) is 11.6 Å². The summed E-state index contributed by atoms with van der Waals surface area (Å²) >= 11 is 5.59. The lowest BCUT2D eigenvalue weighted by Gasteiger charge is -1.95. The van der Waals surface area contributed by atoms with Crippen LogP contribution >= 0.6 is 11.6 Å². The summed E-state index contributed by atoms with van der Waals surface area (Å²) < 4.78 is 1.59. The van der Waals surface area contributed by atoms with Crippen molar-refractivity contribution in [2.24, 2.45) is 0 Å². The molecule has 0 fully saturated rings. The molecule has 66 valence electrons. The summed E-state index contributed by atoms with van der Waals surface area (Å²) in [5, 5.41) is 7.73. The Kier molecular flexibility index (Phi) is 2.23. The highest BCUT2D eigenvalue weighted by Crippen LogP contribution is 2.03. The van der Waals surface area contributed by atoms with E-state index in [9.17, 15) is 0 Å². The Labute approximate surface area is 80.2 Å². The molecule has 0 bridgehead atoms. The third-order valence-electron chi connectivity index (χ3n) is 1.56. The molecule has 0 spiro atoms. The van der Waals surface area contributed by atoms with Gasteiger partial charge in [0.05, 0.1) is 17.8 Å². The van der Waals surface area contributed by atoms with Gasteiger partial charge in [-0.15, -0.1) is 16.7 Å². The van der Waals surface area contributed by atoms with Crippen LogP contribution in [0.2, 0.25) is 0 Å². The fourth-order valence-electron chi connectivity index (χ4n) is 0.961. The zero-order chi connectivity index (χ0) is 9.10. The molecule has 2 rings (SSSR count). The molecule has 13 heavy (non-hydrogen) atoms. The predicted octanol–water partition coefficient (Wildman–Crippen LogP) is 1.40. The standard InChI is InChI=1S/C8H7ClN4/c9-5-7-6-13(12-11-7)8-3-1-2-4-10-8/h1-4,6H,5H2. The molecular weight excluding hydrogens is 188 g/mol. The fraction of sp³-hybridized carbons (Fsp3) is 0.125. The van der Waals surface area contributed by atoms with Gasteiger partial charge < -0.3 is 0 Å². The van der Waals surface area contributed by atoms with Crippen molar-refractivity contribution in [3.05, 3.63) is 36.3 Å². The molecule has 0 atom stereocenters. The van der Waals surface area contributed by atoms with Crippen LogP contribution in [0.3, 0.4) is 0 Å². The Hall–Kier alpha value is -1.42. The first kappa shape index (κ1) is 8.19. The lowest BCUT2D eigenvalue weighted by atomic mass is 10.4. The van der Waals surface area contributed by atoms with Gasteiger partial charge in [0, 0.05) is 6.20 Å². The number of alkyl halides is 1. The number of pyridine rings is 1. The zero-order valence-corrected chi connectivity index (χ0v) is 7.52. The van der Waals surface area contributed by atoms with Crippen LogP contribution in [-0.4, -0.2) is 20.0 Å². The van der Waals surface area contributed by atoms with Gasteiger partial charge in [0.25, 0.3) is 0 Å². The molecule has 2 aromatic rings. The Morgan fingerprint density at radius 2 is 2.31 bits per heavy atom. The molecule has 0 aliphatic rings. The molecule has 4 nitrogen and oxygen atoms in total. The molecule has 0 N–H and O–H groups in total. The van der Waals surface area contributed by atoms with E-state index >= 15 is 0 Å². The highest BCUT2D eigenvalue weighted by molar-refractivity contribution is 6.16. The van der Waals surface area contributed by atoms with Crippen molar-refractivity contribution in [1.82, 2.24) is 20.0 Å². The van der Waals surface area contributed by atoms with Crippen LogP contribution in [0, 0.1) is 0 Å². The summed E-state index contributed by atoms with van der Waals surface area (Å²) in [6.45, 7) is 0. The first-order chi connectivity index (χ1) is 6.40. The number of hydrogen-bond donors (Lipinski definition) is 0. The largest absolute Gasteiger partial charge is 0.237 e. The van der Waals surface area contributed by atoms with Gasteiger partial charge in [-0.25, -0.2) is 9.67 Å². The number of aromatic nitrogens is 4. The summed E-state index contributed by atoms with van der Waals surface area (Å²) in [6.07, 6.45) is 3.46. The first-order valence-electron chi connectivity index (χ1n) is 3.79. The Bertz CT molecular complexity index is 384. The van der Waals surface area contributed by atoms with E-state index in [0.717, 1.165) is 11.5 Å². The van der Waals surface area contributed by atoms with E-state index in [1.165, 1.54) is 0 Å². The first-order valence-corrected chi connectivity index (χ1v) is 4.32. The maximum absolute atomic E-state index is 5.59. The minimum absolute atomic E-state index is 0.368. The van der Waals surface area contributed by atoms with Crippen LogP contribution in [0.4, 0.5) is 0 Å². The molecule has 2 heterocycles. The SMILES string of the molecule is ClCc1cn(-c2ccccn2)nn1. The van der Waals surface area contributed by atoms with E-state index in [1.54, 1.807) is 17.1 Å². The molecule has 0 aromatic carbocycles. The summed E-state index contributed by atoms with van der Waals surface area (Å²) in [7, 11) is 0. The molecule has 0 amide bonds. The molecular formula is C8H7ClN4. The molecule has 5 heteroatoms. The van der Waals surface area contributed by atoms with Gasteiger partial charge in [-0.3, -0.25) is 0 Å². The molecule has 0 aliphatic heterocycles. The number of hydrogen-bond acceptors (Lipinski definition) is 3. The van der Waals surface area contributed by atoms with Gasteiger partial charge in [0.2, 0.25) is 0 Å². The van der Waals surface area contributed by atoms with E-state index in [0.29, 0.717) is 5.88 Å². The van der Waals surface area contributed by atoms with E-state index < -0.39 is 0 Å². The number of halogens is 1. The average molecular weight is 195 g/mol. The van der Waals surface area contributed by atoms with Gasteiger partial charge in [0.1, 0.15) is 0 Å². The van der Waals surface area contributed by atoms with Crippen LogP contribution in [0.5, 0.6) is 0 Å². The summed E-state index contributed by atoms with van der Waals surface area (Å²) in [6, 6.07) is 5.60. The quantitative estimate of drug-likeness (QED) is 0.679. The topological polar surface area (TPSA) is 43.6 Å². The Balaban J connectivity index is 2.36. The Morgan fingerprint density at radius 1 is 1.38 bits per heavy atom. The smallest absolute Gasteiger partial charge is 0.155 e. The minimum Gasteiger partial charge on any atom is -0.237 e. The summed E-state index contributed by atoms with van der Waals surface area (Å²) in [5.41, 5.74) is 0.743. The van der Waals surface area contributed by atoms with Gasteiger partial charge in [-0.2, -0.15) is 0 Å². The third-order valence-corrected chi connectivity index (χ3v) is 1.84. The van der Waals surface area contributed by atoms with Crippen LogP contribution in [0.25, 0.3) is 5.82 Å². The van der Waals surface area contributed by atoms with Crippen molar-refractivity contribution in [2.75, 3.05) is 0 Å². The van der Waals surface area contributed by atoms with Crippen molar-refractivity contribution < 1.29 is 0 Å². The third kappa shape index (κ3) is 1.67. The fourth-order valence-corrected chi connectivity index (χ4v) is 1.08. The van der Waals surface area contributed by atoms with Gasteiger partial charge >= 0.3 is 0 Å². The van der Waals surface area contributed by atoms with Crippen LogP contribution in [-0.2, 0) is 5.88 Å². The summed E-state index contributed by atoms with van der Waals surface area (Å²) in [5.74, 6) is 1.11. The number of nitrogens with zero attached hydrogens (tertiary/aromatic N) is 4. The van der Waals surface area contributed by atoms with Gasteiger partial charge in [-0.05, 0) is 12.1 Å². The lowest BCUT2D eigenvalue weighted by molar-refractivity contribution is 0.779. The second-order valence-electron chi connectivity index (χ2n) is 2.48. The normalized spacial score (nSPS) is 10.2. The van der Waals surface area contributed by atoms with E-state index in [-0.39, 0.29) is 0 Å². The van der Waals surface area contributed by atoms with Crippen LogP contribution in [0.15, 0.2) is 30.6 Å². The molecule has 0 saturated carbocycles. The van der Waals surface area contributed by atoms with Gasteiger partial charge in [-0.1, -0.05) is 11.3 Å². The highest BCUT2D eigenvalue weighted by atomic mass is 35.5. The molecule has 0 aliphatic carbocycles. The lowest BCUT2D eigenvalue weighted by Crippen LogP contribution is -1.96.